The standard InChI is InChI=1S/C34H42F2N6O10/c1-33(2,3)51-29(45)39-15-27(43)37-13-21-17-41(31(47)49-21)19-7-9-23(25(35)11-19)24-10-8-20(12-26(24)36)42-18-22(50-32(42)48)14-38-28(44)16-40-30(46)52-34(4,5)6/h7-12,21-22H,13-18H2,1-6H3,(H,37,43)(H,38,44)(H,39,45)(H,40,46)/t21-,22+. The van der Waals surface area contributed by atoms with E-state index in [1.165, 1.54) is 24.3 Å². The molecule has 16 nitrogen and oxygen atoms in total. The first-order chi connectivity index (χ1) is 24.3. The maximum Gasteiger partial charge on any atom is 0.414 e. The van der Waals surface area contributed by atoms with Gasteiger partial charge in [-0.25, -0.2) is 28.0 Å². The zero-order valence-electron chi connectivity index (χ0n) is 29.6. The number of nitrogens with one attached hydrogen (secondary N) is 4. The van der Waals surface area contributed by atoms with Crippen molar-refractivity contribution >= 4 is 47.6 Å². The molecule has 4 N–H and O–H groups in total. The Morgan fingerprint density at radius 1 is 0.673 bits per heavy atom. The lowest BCUT2D eigenvalue weighted by Crippen LogP contribution is -2.42. The summed E-state index contributed by atoms with van der Waals surface area (Å²) in [7, 11) is 0. The molecule has 4 rings (SSSR count). The zero-order chi connectivity index (χ0) is 38.4. The van der Waals surface area contributed by atoms with Crippen molar-refractivity contribution in [2.75, 3.05) is 49.1 Å². The summed E-state index contributed by atoms with van der Waals surface area (Å²) in [5.41, 5.74) is -1.39. The summed E-state index contributed by atoms with van der Waals surface area (Å²) in [6, 6.07) is 7.53. The van der Waals surface area contributed by atoms with E-state index in [4.69, 9.17) is 18.9 Å². The van der Waals surface area contributed by atoms with Crippen molar-refractivity contribution in [3.8, 4) is 11.1 Å². The number of amides is 6. The maximum atomic E-state index is 15.3. The molecule has 0 aromatic heterocycles. The molecule has 2 aliphatic rings. The fraction of sp³-hybridized carbons (Fsp3) is 0.471. The molecule has 6 amide bonds. The number of benzene rings is 2. The molecule has 0 aliphatic carbocycles. The van der Waals surface area contributed by atoms with Crippen LogP contribution in [0.3, 0.4) is 0 Å². The summed E-state index contributed by atoms with van der Waals surface area (Å²) in [5.74, 6) is -2.75. The summed E-state index contributed by atoms with van der Waals surface area (Å²) in [6.07, 6.45) is -4.61. The number of hydrogen-bond acceptors (Lipinski definition) is 10. The second kappa shape index (κ2) is 16.1. The van der Waals surface area contributed by atoms with Gasteiger partial charge in [-0.1, -0.05) is 0 Å². The SMILES string of the molecule is CC(C)(C)OC(=O)NCC(=O)NC[C@@H]1CN(c2ccc(-c3ccc(N4C[C@H](CNC(=O)CNC(=O)OC(C)(C)C)OC4=O)cc3F)c(F)c2)C(=O)O1. The van der Waals surface area contributed by atoms with Crippen molar-refractivity contribution in [2.24, 2.45) is 0 Å². The summed E-state index contributed by atoms with van der Waals surface area (Å²) >= 11 is 0. The quantitative estimate of drug-likeness (QED) is 0.248. The number of carbonyl (C=O) groups excluding carboxylic acids is 6. The monoisotopic (exact) mass is 732 g/mol. The molecular weight excluding hydrogens is 690 g/mol. The van der Waals surface area contributed by atoms with Crippen LogP contribution in [-0.4, -0.2) is 98.9 Å². The molecule has 2 aliphatic heterocycles. The van der Waals surface area contributed by atoms with Gasteiger partial charge in [0.1, 0.15) is 35.0 Å². The Balaban J connectivity index is 1.28. The van der Waals surface area contributed by atoms with E-state index >= 15 is 8.78 Å². The number of carbonyl (C=O) groups is 6. The van der Waals surface area contributed by atoms with Crippen LogP contribution in [0.25, 0.3) is 11.1 Å². The van der Waals surface area contributed by atoms with Crippen LogP contribution in [0.1, 0.15) is 41.5 Å². The highest BCUT2D eigenvalue weighted by molar-refractivity contribution is 5.92. The highest BCUT2D eigenvalue weighted by Crippen LogP contribution is 2.33. The van der Waals surface area contributed by atoms with Crippen molar-refractivity contribution in [3.05, 3.63) is 48.0 Å². The van der Waals surface area contributed by atoms with Crippen molar-refractivity contribution in [3.63, 3.8) is 0 Å². The van der Waals surface area contributed by atoms with Crippen molar-refractivity contribution in [2.45, 2.75) is 65.0 Å². The van der Waals surface area contributed by atoms with Crippen LogP contribution in [-0.2, 0) is 28.5 Å². The Kier molecular flexibility index (Phi) is 12.1. The van der Waals surface area contributed by atoms with Gasteiger partial charge in [-0.05, 0) is 77.9 Å². The van der Waals surface area contributed by atoms with Gasteiger partial charge in [0.2, 0.25) is 11.8 Å². The van der Waals surface area contributed by atoms with Crippen molar-refractivity contribution in [1.82, 2.24) is 21.3 Å². The Bertz CT molecular complexity index is 1590. The lowest BCUT2D eigenvalue weighted by atomic mass is 10.0. The fourth-order valence-electron chi connectivity index (χ4n) is 4.97. The summed E-state index contributed by atoms with van der Waals surface area (Å²) in [4.78, 5) is 75.1. The topological polar surface area (TPSA) is 194 Å². The maximum absolute atomic E-state index is 15.3. The molecule has 2 aromatic rings. The summed E-state index contributed by atoms with van der Waals surface area (Å²) in [5, 5.41) is 9.72. The molecule has 282 valence electrons. The first-order valence-electron chi connectivity index (χ1n) is 16.3. The summed E-state index contributed by atoms with van der Waals surface area (Å²) in [6.45, 7) is 9.20. The molecule has 2 aromatic carbocycles. The Morgan fingerprint density at radius 2 is 1.04 bits per heavy atom. The van der Waals surface area contributed by atoms with E-state index in [1.807, 2.05) is 0 Å². The third kappa shape index (κ3) is 11.2. The van der Waals surface area contributed by atoms with Crippen LogP contribution in [0.2, 0.25) is 0 Å². The molecule has 0 unspecified atom stereocenters. The van der Waals surface area contributed by atoms with Gasteiger partial charge in [-0.2, -0.15) is 0 Å². The van der Waals surface area contributed by atoms with E-state index in [0.29, 0.717) is 0 Å². The van der Waals surface area contributed by atoms with Gasteiger partial charge in [-0.3, -0.25) is 19.4 Å². The van der Waals surface area contributed by atoms with Gasteiger partial charge in [0.25, 0.3) is 0 Å². The molecule has 52 heavy (non-hydrogen) atoms. The fourth-order valence-corrected chi connectivity index (χ4v) is 4.97. The van der Waals surface area contributed by atoms with Crippen LogP contribution in [0.15, 0.2) is 36.4 Å². The third-order valence-electron chi connectivity index (χ3n) is 7.21. The van der Waals surface area contributed by atoms with Gasteiger partial charge in [-0.15, -0.1) is 0 Å². The minimum Gasteiger partial charge on any atom is -0.444 e. The first kappa shape index (κ1) is 39.1. The van der Waals surface area contributed by atoms with Crippen LogP contribution < -0.4 is 31.1 Å². The highest BCUT2D eigenvalue weighted by atomic mass is 19.1. The van der Waals surface area contributed by atoms with E-state index in [2.05, 4.69) is 21.3 Å². The smallest absolute Gasteiger partial charge is 0.414 e. The van der Waals surface area contributed by atoms with E-state index < -0.39 is 71.2 Å². The van der Waals surface area contributed by atoms with Crippen LogP contribution in [0.5, 0.6) is 0 Å². The molecule has 0 saturated carbocycles. The van der Waals surface area contributed by atoms with Gasteiger partial charge in [0, 0.05) is 11.1 Å². The van der Waals surface area contributed by atoms with Gasteiger partial charge in [0.05, 0.1) is 50.6 Å². The van der Waals surface area contributed by atoms with Crippen LogP contribution in [0, 0.1) is 11.6 Å². The van der Waals surface area contributed by atoms with E-state index in [1.54, 1.807) is 41.5 Å². The Morgan fingerprint density at radius 3 is 1.37 bits per heavy atom. The first-order valence-corrected chi connectivity index (χ1v) is 16.3. The number of rotatable bonds is 11. The van der Waals surface area contributed by atoms with E-state index in [9.17, 15) is 28.8 Å². The predicted molar refractivity (Wildman–Crippen MR) is 182 cm³/mol. The minimum atomic E-state index is -0.834. The summed E-state index contributed by atoms with van der Waals surface area (Å²) < 4.78 is 51.4. The number of hydrogen-bond donors (Lipinski definition) is 4. The van der Waals surface area contributed by atoms with E-state index in [-0.39, 0.29) is 61.8 Å². The van der Waals surface area contributed by atoms with Crippen molar-refractivity contribution in [1.29, 1.82) is 0 Å². The predicted octanol–water partition coefficient (Wildman–Crippen LogP) is 3.56. The lowest BCUT2D eigenvalue weighted by molar-refractivity contribution is -0.121. The van der Waals surface area contributed by atoms with Crippen LogP contribution in [0.4, 0.5) is 39.3 Å². The molecule has 2 atom stereocenters. The second-order valence-electron chi connectivity index (χ2n) is 13.9. The largest absolute Gasteiger partial charge is 0.444 e. The molecule has 2 saturated heterocycles. The van der Waals surface area contributed by atoms with Gasteiger partial charge in [0.15, 0.2) is 0 Å². The molecule has 0 radical (unpaired) electrons. The van der Waals surface area contributed by atoms with E-state index in [0.717, 1.165) is 21.9 Å². The number of anilines is 2. The second-order valence-corrected chi connectivity index (χ2v) is 13.9. The molecule has 2 fully saturated rings. The molecule has 0 spiro atoms. The number of halogens is 2. The number of nitrogens with zero attached hydrogens (tertiary/aromatic N) is 2. The average molecular weight is 733 g/mol. The molecular formula is C34H42F2N6O10. The molecule has 0 bridgehead atoms. The van der Waals surface area contributed by atoms with Gasteiger partial charge < -0.3 is 40.2 Å². The number of alkyl carbamates (subject to hydrolysis) is 2. The van der Waals surface area contributed by atoms with Crippen molar-refractivity contribution < 1.29 is 56.5 Å². The lowest BCUT2D eigenvalue weighted by Gasteiger charge is -2.19. The minimum absolute atomic E-state index is 0.0139. The van der Waals surface area contributed by atoms with Gasteiger partial charge >= 0.3 is 24.4 Å². The normalized spacial score (nSPS) is 17.2. The number of ether oxygens (including phenoxy) is 4. The number of cyclic esters (lactones) is 2. The van der Waals surface area contributed by atoms with Crippen LogP contribution >= 0.6 is 0 Å². The Hall–Kier alpha value is -5.68. The zero-order valence-corrected chi connectivity index (χ0v) is 29.6. The molecule has 2 heterocycles. The Labute approximate surface area is 298 Å². The average Bonchev–Trinajstić information content (AvgIpc) is 3.60. The highest BCUT2D eigenvalue weighted by Gasteiger charge is 2.35. The third-order valence-corrected chi connectivity index (χ3v) is 7.21. The molecule has 18 heteroatoms.